The Kier molecular flexibility index (Phi) is 4.52. The van der Waals surface area contributed by atoms with E-state index in [1.54, 1.807) is 11.3 Å². The molecule has 0 aliphatic heterocycles. The number of aromatic nitrogens is 1. The molecule has 1 aromatic heterocycles. The molecular weight excluding hydrogens is 345 g/mol. The van der Waals surface area contributed by atoms with Gasteiger partial charge in [-0.05, 0) is 12.1 Å². The van der Waals surface area contributed by atoms with Crippen molar-refractivity contribution in [3.8, 4) is 0 Å². The molecule has 0 fully saturated rings. The zero-order chi connectivity index (χ0) is 17.1. The van der Waals surface area contributed by atoms with E-state index in [0.717, 1.165) is 27.6 Å². The molecule has 4 aromatic rings. The Balaban J connectivity index is 1.68. The fraction of sp³-hybridized carbons (Fsp3) is 0.0952. The molecular formula is C21H18NOPS. The first-order chi connectivity index (χ1) is 12.3. The minimum Gasteiger partial charge on any atom is -0.314 e. The Bertz CT molecular complexity index is 951. The summed E-state index contributed by atoms with van der Waals surface area (Å²) in [6.45, 7) is 0. The van der Waals surface area contributed by atoms with Crippen LogP contribution in [0.4, 0.5) is 0 Å². The van der Waals surface area contributed by atoms with Gasteiger partial charge >= 0.3 is 0 Å². The van der Waals surface area contributed by atoms with Crippen molar-refractivity contribution in [1.29, 1.82) is 0 Å². The van der Waals surface area contributed by atoms with Crippen molar-refractivity contribution in [1.82, 2.24) is 4.98 Å². The van der Waals surface area contributed by atoms with Crippen LogP contribution in [-0.4, -0.2) is 11.1 Å². The van der Waals surface area contributed by atoms with Gasteiger partial charge in [0, 0.05) is 23.2 Å². The highest BCUT2D eigenvalue weighted by Gasteiger charge is 2.27. The summed E-state index contributed by atoms with van der Waals surface area (Å²) in [5.41, 5.74) is 1.02. The van der Waals surface area contributed by atoms with Crippen LogP contribution in [-0.2, 0) is 11.0 Å². The standard InChI is InChI=1S/C21H18NOPS/c23-24(17-9-3-1-4-10-17,18-11-5-2-6-12-18)16-15-21-22-19-13-7-8-14-20(19)25-21/h1-14H,15-16H2. The SMILES string of the molecule is O=P(CCc1nc2ccccc2s1)(c1ccccc1)c1ccccc1. The minimum atomic E-state index is -2.67. The fourth-order valence-corrected chi connectivity index (χ4v) is 6.79. The lowest BCUT2D eigenvalue weighted by Gasteiger charge is -2.18. The second-order valence-corrected chi connectivity index (χ2v) is 10.0. The normalized spacial score (nSPS) is 11.7. The summed E-state index contributed by atoms with van der Waals surface area (Å²) in [5.74, 6) is 0. The van der Waals surface area contributed by atoms with Crippen LogP contribution in [0.25, 0.3) is 10.2 Å². The van der Waals surface area contributed by atoms with Crippen LogP contribution in [0.15, 0.2) is 84.9 Å². The number of para-hydroxylation sites is 1. The third-order valence-corrected chi connectivity index (χ3v) is 8.54. The summed E-state index contributed by atoms with van der Waals surface area (Å²) in [5, 5.41) is 2.89. The van der Waals surface area contributed by atoms with Crippen LogP contribution < -0.4 is 10.6 Å². The highest BCUT2D eigenvalue weighted by atomic mass is 32.1. The number of hydrogen-bond donors (Lipinski definition) is 0. The maximum Gasteiger partial charge on any atom is 0.143 e. The average Bonchev–Trinajstić information content (AvgIpc) is 3.10. The Morgan fingerprint density at radius 3 is 1.92 bits per heavy atom. The van der Waals surface area contributed by atoms with E-state index in [4.69, 9.17) is 4.98 Å². The molecule has 0 atom stereocenters. The summed E-state index contributed by atoms with van der Waals surface area (Å²) in [6.07, 6.45) is 1.32. The fourth-order valence-electron chi connectivity index (χ4n) is 3.02. The molecule has 4 rings (SSSR count). The van der Waals surface area contributed by atoms with Crippen molar-refractivity contribution in [3.05, 3.63) is 89.9 Å². The number of rotatable bonds is 5. The van der Waals surface area contributed by atoms with Crippen molar-refractivity contribution >= 4 is 39.3 Å². The Hall–Kier alpha value is -2.22. The van der Waals surface area contributed by atoms with E-state index in [-0.39, 0.29) is 0 Å². The van der Waals surface area contributed by atoms with Gasteiger partial charge in [0.25, 0.3) is 0 Å². The zero-order valence-electron chi connectivity index (χ0n) is 13.7. The van der Waals surface area contributed by atoms with Crippen molar-refractivity contribution in [3.63, 3.8) is 0 Å². The van der Waals surface area contributed by atoms with Crippen LogP contribution >= 0.6 is 18.5 Å². The van der Waals surface area contributed by atoms with Gasteiger partial charge in [0.15, 0.2) is 0 Å². The first-order valence-corrected chi connectivity index (χ1v) is 11.0. The van der Waals surface area contributed by atoms with E-state index >= 15 is 0 Å². The van der Waals surface area contributed by atoms with Crippen molar-refractivity contribution in [2.24, 2.45) is 0 Å². The molecule has 0 radical (unpaired) electrons. The molecule has 0 amide bonds. The predicted octanol–water partition coefficient (Wildman–Crippen LogP) is 4.85. The maximum atomic E-state index is 14.0. The highest BCUT2D eigenvalue weighted by Crippen LogP contribution is 2.44. The molecule has 0 bridgehead atoms. The first kappa shape index (κ1) is 16.3. The van der Waals surface area contributed by atoms with Gasteiger partial charge in [0.1, 0.15) is 7.14 Å². The quantitative estimate of drug-likeness (QED) is 0.474. The van der Waals surface area contributed by atoms with Gasteiger partial charge < -0.3 is 4.57 Å². The molecule has 1 heterocycles. The van der Waals surface area contributed by atoms with Gasteiger partial charge in [-0.1, -0.05) is 72.8 Å². The van der Waals surface area contributed by atoms with Gasteiger partial charge in [-0.2, -0.15) is 0 Å². The van der Waals surface area contributed by atoms with Crippen LogP contribution in [0.3, 0.4) is 0 Å². The lowest BCUT2D eigenvalue weighted by Crippen LogP contribution is -2.19. The molecule has 0 unspecified atom stereocenters. The van der Waals surface area contributed by atoms with E-state index in [1.165, 1.54) is 4.70 Å². The second-order valence-electron chi connectivity index (χ2n) is 5.96. The first-order valence-electron chi connectivity index (χ1n) is 8.30. The summed E-state index contributed by atoms with van der Waals surface area (Å²) >= 11 is 1.70. The summed E-state index contributed by atoms with van der Waals surface area (Å²) in [4.78, 5) is 4.70. The molecule has 0 aliphatic carbocycles. The van der Waals surface area contributed by atoms with Crippen LogP contribution in [0.2, 0.25) is 0 Å². The van der Waals surface area contributed by atoms with Crippen LogP contribution in [0, 0.1) is 0 Å². The van der Waals surface area contributed by atoms with E-state index in [9.17, 15) is 4.57 Å². The van der Waals surface area contributed by atoms with Crippen molar-refractivity contribution in [2.75, 3.05) is 6.16 Å². The lowest BCUT2D eigenvalue weighted by molar-refractivity contribution is 0.586. The van der Waals surface area contributed by atoms with E-state index in [1.807, 2.05) is 78.9 Å². The molecule has 2 nitrogen and oxygen atoms in total. The minimum absolute atomic E-state index is 0.598. The molecule has 0 aliphatic rings. The molecule has 3 aromatic carbocycles. The lowest BCUT2D eigenvalue weighted by atomic mass is 10.3. The van der Waals surface area contributed by atoms with E-state index in [2.05, 4.69) is 6.07 Å². The maximum absolute atomic E-state index is 14.0. The third kappa shape index (κ3) is 3.30. The van der Waals surface area contributed by atoms with Gasteiger partial charge in [-0.3, -0.25) is 0 Å². The predicted molar refractivity (Wildman–Crippen MR) is 108 cm³/mol. The molecule has 124 valence electrons. The molecule has 0 saturated heterocycles. The van der Waals surface area contributed by atoms with Gasteiger partial charge in [-0.25, -0.2) is 4.98 Å². The van der Waals surface area contributed by atoms with E-state index in [0.29, 0.717) is 6.16 Å². The molecule has 4 heteroatoms. The van der Waals surface area contributed by atoms with Crippen molar-refractivity contribution in [2.45, 2.75) is 6.42 Å². The van der Waals surface area contributed by atoms with Gasteiger partial charge in [0.2, 0.25) is 0 Å². The molecule has 25 heavy (non-hydrogen) atoms. The van der Waals surface area contributed by atoms with Crippen molar-refractivity contribution < 1.29 is 4.57 Å². The Labute approximate surface area is 151 Å². The van der Waals surface area contributed by atoms with E-state index < -0.39 is 7.14 Å². The molecule has 0 saturated carbocycles. The number of nitrogens with zero attached hydrogens (tertiary/aromatic N) is 1. The van der Waals surface area contributed by atoms with Gasteiger partial charge in [0.05, 0.1) is 15.2 Å². The topological polar surface area (TPSA) is 30.0 Å². The number of hydrogen-bond acceptors (Lipinski definition) is 3. The van der Waals surface area contributed by atoms with Gasteiger partial charge in [-0.15, -0.1) is 11.3 Å². The summed E-state index contributed by atoms with van der Waals surface area (Å²) < 4.78 is 15.2. The number of thiazole rings is 1. The number of benzene rings is 3. The molecule has 0 spiro atoms. The van der Waals surface area contributed by atoms with Crippen LogP contribution in [0.5, 0.6) is 0 Å². The monoisotopic (exact) mass is 363 g/mol. The molecule has 0 N–H and O–H groups in total. The Morgan fingerprint density at radius 2 is 1.32 bits per heavy atom. The number of fused-ring (bicyclic) bond motifs is 1. The second kappa shape index (κ2) is 6.95. The van der Waals surface area contributed by atoms with Crippen LogP contribution in [0.1, 0.15) is 5.01 Å². The smallest absolute Gasteiger partial charge is 0.143 e. The Morgan fingerprint density at radius 1 is 0.760 bits per heavy atom. The zero-order valence-corrected chi connectivity index (χ0v) is 15.4. The third-order valence-electron chi connectivity index (χ3n) is 4.33. The average molecular weight is 363 g/mol. The summed E-state index contributed by atoms with van der Waals surface area (Å²) in [7, 11) is -2.67. The highest BCUT2D eigenvalue weighted by molar-refractivity contribution is 7.78. The summed E-state index contributed by atoms with van der Waals surface area (Å²) in [6, 6.07) is 27.8. The number of aryl methyl sites for hydroxylation is 1. The largest absolute Gasteiger partial charge is 0.314 e.